The zero-order valence-corrected chi connectivity index (χ0v) is 15.0. The average molecular weight is 361 g/mol. The highest BCUT2D eigenvalue weighted by molar-refractivity contribution is 5.96. The monoisotopic (exact) mass is 361 g/mol. The summed E-state index contributed by atoms with van der Waals surface area (Å²) < 4.78 is 5.92. The summed E-state index contributed by atoms with van der Waals surface area (Å²) in [5.41, 5.74) is 3.15. The number of fused-ring (bicyclic) bond motifs is 2. The quantitative estimate of drug-likeness (QED) is 0.564. The molecule has 0 unspecified atom stereocenters. The lowest BCUT2D eigenvalue weighted by atomic mass is 9.80. The molecule has 5 nitrogen and oxygen atoms in total. The van der Waals surface area contributed by atoms with Crippen molar-refractivity contribution in [2.45, 2.75) is 5.92 Å². The summed E-state index contributed by atoms with van der Waals surface area (Å²) in [5, 5.41) is 19.7. The third-order valence-corrected chi connectivity index (χ3v) is 4.74. The number of ether oxygens (including phenoxy) is 1. The fourth-order valence-electron chi connectivity index (χ4n) is 3.51. The topological polar surface area (TPSA) is 70.0 Å². The van der Waals surface area contributed by atoms with Crippen LogP contribution in [0.3, 0.4) is 0 Å². The second-order valence-electron chi connectivity index (χ2n) is 6.77. The largest absolute Gasteiger partial charge is 0.508 e. The van der Waals surface area contributed by atoms with E-state index in [-0.39, 0.29) is 23.3 Å². The molecule has 1 aliphatic rings. The van der Waals surface area contributed by atoms with Crippen LogP contribution in [0.2, 0.25) is 0 Å². The van der Waals surface area contributed by atoms with Crippen LogP contribution in [0.1, 0.15) is 33.0 Å². The number of hydrogen-bond acceptors (Lipinski definition) is 4. The van der Waals surface area contributed by atoms with Crippen molar-refractivity contribution < 1.29 is 19.7 Å². The van der Waals surface area contributed by atoms with Gasteiger partial charge in [0.25, 0.3) is 5.91 Å². The Bertz CT molecular complexity index is 991. The Balaban J connectivity index is 1.98. The first kappa shape index (κ1) is 17.0. The Hall–Kier alpha value is -3.47. The Kier molecular flexibility index (Phi) is 4.00. The number of aromatic hydroxyl groups is 2. The van der Waals surface area contributed by atoms with Gasteiger partial charge in [-0.1, -0.05) is 30.3 Å². The van der Waals surface area contributed by atoms with Crippen molar-refractivity contribution in [1.82, 2.24) is 4.90 Å². The average Bonchev–Trinajstić information content (AvgIpc) is 2.65. The van der Waals surface area contributed by atoms with Crippen LogP contribution in [0.4, 0.5) is 0 Å². The molecule has 0 fully saturated rings. The van der Waals surface area contributed by atoms with Gasteiger partial charge < -0.3 is 19.8 Å². The van der Waals surface area contributed by atoms with Gasteiger partial charge in [0.2, 0.25) is 0 Å². The van der Waals surface area contributed by atoms with E-state index in [1.807, 2.05) is 36.4 Å². The Labute approximate surface area is 157 Å². The molecule has 5 heteroatoms. The summed E-state index contributed by atoms with van der Waals surface area (Å²) in [5.74, 6) is 0.848. The number of amides is 1. The lowest BCUT2D eigenvalue weighted by Gasteiger charge is -2.30. The predicted octanol–water partition coefficient (Wildman–Crippen LogP) is 4.09. The second kappa shape index (κ2) is 6.36. The molecule has 0 radical (unpaired) electrons. The predicted molar refractivity (Wildman–Crippen MR) is 102 cm³/mol. The van der Waals surface area contributed by atoms with Crippen molar-refractivity contribution in [2.24, 2.45) is 0 Å². The highest BCUT2D eigenvalue weighted by atomic mass is 16.5. The highest BCUT2D eigenvalue weighted by Crippen LogP contribution is 2.49. The molecule has 1 heterocycles. The molecule has 136 valence electrons. The van der Waals surface area contributed by atoms with Crippen LogP contribution in [-0.4, -0.2) is 35.1 Å². The van der Waals surface area contributed by atoms with E-state index in [1.54, 1.807) is 43.3 Å². The lowest BCUT2D eigenvalue weighted by molar-refractivity contribution is 0.0826. The normalized spacial score (nSPS) is 12.7. The summed E-state index contributed by atoms with van der Waals surface area (Å²) in [6, 6.07) is 17.4. The van der Waals surface area contributed by atoms with Crippen LogP contribution in [0.5, 0.6) is 23.0 Å². The molecule has 4 rings (SSSR count). The molecule has 0 bridgehead atoms. The van der Waals surface area contributed by atoms with E-state index >= 15 is 0 Å². The minimum atomic E-state index is -0.259. The van der Waals surface area contributed by atoms with Gasteiger partial charge in [0.05, 0.1) is 0 Å². The molecule has 3 aromatic carbocycles. The standard InChI is InChI=1S/C22H19NO4/c1-23(2)22(26)16-6-4-3-5-15(16)21-17-9-7-13(24)11-19(17)27-20-12-14(25)8-10-18(20)21/h3-12,21,24-25H,1-2H3. The molecule has 0 saturated heterocycles. The van der Waals surface area contributed by atoms with Crippen LogP contribution in [0.15, 0.2) is 60.7 Å². The lowest BCUT2D eigenvalue weighted by Crippen LogP contribution is -2.24. The van der Waals surface area contributed by atoms with Crippen molar-refractivity contribution in [2.75, 3.05) is 14.1 Å². The van der Waals surface area contributed by atoms with Crippen LogP contribution in [-0.2, 0) is 0 Å². The van der Waals surface area contributed by atoms with Gasteiger partial charge in [0.15, 0.2) is 0 Å². The van der Waals surface area contributed by atoms with Gasteiger partial charge in [-0.3, -0.25) is 4.79 Å². The number of nitrogens with zero attached hydrogens (tertiary/aromatic N) is 1. The third kappa shape index (κ3) is 2.87. The van der Waals surface area contributed by atoms with Crippen LogP contribution >= 0.6 is 0 Å². The van der Waals surface area contributed by atoms with Crippen molar-refractivity contribution in [3.8, 4) is 23.0 Å². The van der Waals surface area contributed by atoms with Gasteiger partial charge >= 0.3 is 0 Å². The molecular weight excluding hydrogens is 342 g/mol. The van der Waals surface area contributed by atoms with Crippen LogP contribution in [0.25, 0.3) is 0 Å². The van der Waals surface area contributed by atoms with Gasteiger partial charge in [0.1, 0.15) is 23.0 Å². The first-order valence-corrected chi connectivity index (χ1v) is 8.60. The third-order valence-electron chi connectivity index (χ3n) is 4.74. The number of carbonyl (C=O) groups excluding carboxylic acids is 1. The SMILES string of the molecule is CN(C)C(=O)c1ccccc1C1c2ccc(O)cc2Oc2cc(O)ccc21. The smallest absolute Gasteiger partial charge is 0.253 e. The molecule has 0 spiro atoms. The zero-order chi connectivity index (χ0) is 19.1. The maximum absolute atomic E-state index is 12.8. The molecule has 3 aromatic rings. The van der Waals surface area contributed by atoms with Gasteiger partial charge in [-0.25, -0.2) is 0 Å². The number of hydrogen-bond donors (Lipinski definition) is 2. The minimum Gasteiger partial charge on any atom is -0.508 e. The van der Waals surface area contributed by atoms with Crippen molar-refractivity contribution >= 4 is 5.91 Å². The Morgan fingerprint density at radius 3 is 1.96 bits per heavy atom. The molecule has 0 atom stereocenters. The van der Waals surface area contributed by atoms with E-state index < -0.39 is 0 Å². The van der Waals surface area contributed by atoms with Gasteiger partial charge in [-0.2, -0.15) is 0 Å². The molecule has 1 aliphatic heterocycles. The first-order chi connectivity index (χ1) is 13.0. The van der Waals surface area contributed by atoms with E-state index in [0.717, 1.165) is 16.7 Å². The van der Waals surface area contributed by atoms with Crippen LogP contribution < -0.4 is 4.74 Å². The fourth-order valence-corrected chi connectivity index (χ4v) is 3.51. The maximum atomic E-state index is 12.8. The molecule has 0 aliphatic carbocycles. The van der Waals surface area contributed by atoms with E-state index in [2.05, 4.69) is 0 Å². The molecule has 0 aromatic heterocycles. The fraction of sp³-hybridized carbons (Fsp3) is 0.136. The molecule has 1 amide bonds. The summed E-state index contributed by atoms with van der Waals surface area (Å²) in [6.45, 7) is 0. The van der Waals surface area contributed by atoms with Crippen molar-refractivity contribution in [3.05, 3.63) is 82.9 Å². The molecule has 2 N–H and O–H groups in total. The maximum Gasteiger partial charge on any atom is 0.253 e. The van der Waals surface area contributed by atoms with E-state index in [0.29, 0.717) is 17.1 Å². The number of phenols is 2. The number of rotatable bonds is 2. The van der Waals surface area contributed by atoms with E-state index in [4.69, 9.17) is 4.74 Å². The van der Waals surface area contributed by atoms with Crippen LogP contribution in [0, 0.1) is 0 Å². The summed E-state index contributed by atoms with van der Waals surface area (Å²) in [4.78, 5) is 14.3. The van der Waals surface area contributed by atoms with Crippen molar-refractivity contribution in [3.63, 3.8) is 0 Å². The number of phenolic OH excluding ortho intramolecular Hbond substituents is 2. The summed E-state index contributed by atoms with van der Waals surface area (Å²) in [6.07, 6.45) is 0. The number of carbonyl (C=O) groups is 1. The summed E-state index contributed by atoms with van der Waals surface area (Å²) >= 11 is 0. The van der Waals surface area contributed by atoms with E-state index in [1.165, 1.54) is 0 Å². The van der Waals surface area contributed by atoms with Gasteiger partial charge in [-0.05, 0) is 23.8 Å². The second-order valence-corrected chi connectivity index (χ2v) is 6.77. The minimum absolute atomic E-state index is 0.0854. The van der Waals surface area contributed by atoms with Gasteiger partial charge in [0, 0.05) is 48.8 Å². The summed E-state index contributed by atoms with van der Waals surface area (Å²) in [7, 11) is 3.45. The highest BCUT2D eigenvalue weighted by Gasteiger charge is 2.32. The molecule has 0 saturated carbocycles. The van der Waals surface area contributed by atoms with Gasteiger partial charge in [-0.15, -0.1) is 0 Å². The Morgan fingerprint density at radius 1 is 0.852 bits per heavy atom. The Morgan fingerprint density at radius 2 is 1.41 bits per heavy atom. The zero-order valence-electron chi connectivity index (χ0n) is 15.0. The van der Waals surface area contributed by atoms with Crippen molar-refractivity contribution in [1.29, 1.82) is 0 Å². The molecule has 27 heavy (non-hydrogen) atoms. The number of benzene rings is 3. The molecular formula is C22H19NO4. The first-order valence-electron chi connectivity index (χ1n) is 8.60. The van der Waals surface area contributed by atoms with E-state index in [9.17, 15) is 15.0 Å².